The lowest BCUT2D eigenvalue weighted by Gasteiger charge is -2.09. The smallest absolute Gasteiger partial charge is 0.191 e. The summed E-state index contributed by atoms with van der Waals surface area (Å²) in [5.41, 5.74) is 0. The summed E-state index contributed by atoms with van der Waals surface area (Å²) in [5, 5.41) is 6.36. The first kappa shape index (κ1) is 14.0. The summed E-state index contributed by atoms with van der Waals surface area (Å²) in [6.07, 6.45) is 5.52. The number of ether oxygens (including phenoxy) is 1. The highest BCUT2D eigenvalue weighted by Gasteiger charge is 2.20. The Bertz CT molecular complexity index is 237. The van der Waals surface area contributed by atoms with Gasteiger partial charge in [-0.15, -0.1) is 6.58 Å². The summed E-state index contributed by atoms with van der Waals surface area (Å²) in [4.78, 5) is 4.45. The molecule has 2 N–H and O–H groups in total. The summed E-state index contributed by atoms with van der Waals surface area (Å²) in [6.45, 7) is 9.91. The van der Waals surface area contributed by atoms with E-state index in [1.807, 2.05) is 6.08 Å². The van der Waals surface area contributed by atoms with E-state index in [2.05, 4.69) is 29.1 Å². The van der Waals surface area contributed by atoms with Crippen molar-refractivity contribution in [2.45, 2.75) is 26.2 Å². The summed E-state index contributed by atoms with van der Waals surface area (Å²) in [7, 11) is 0. The standard InChI is InChI=1S/C13H25N3O/c1-3-8-15-13(14-4-2)16-9-5-10-17-11-12-6-7-12/h3,12H,1,4-11H2,2H3,(H2,14,15,16). The number of nitrogens with one attached hydrogen (secondary N) is 2. The zero-order valence-corrected chi connectivity index (χ0v) is 10.9. The van der Waals surface area contributed by atoms with E-state index in [1.165, 1.54) is 12.8 Å². The summed E-state index contributed by atoms with van der Waals surface area (Å²) < 4.78 is 5.55. The molecule has 1 saturated carbocycles. The fourth-order valence-electron chi connectivity index (χ4n) is 1.40. The van der Waals surface area contributed by atoms with Gasteiger partial charge in [-0.2, -0.15) is 0 Å². The Morgan fingerprint density at radius 1 is 1.47 bits per heavy atom. The number of hydrogen-bond acceptors (Lipinski definition) is 2. The largest absolute Gasteiger partial charge is 0.381 e. The molecule has 0 unspecified atom stereocenters. The van der Waals surface area contributed by atoms with Crippen LogP contribution >= 0.6 is 0 Å². The predicted molar refractivity (Wildman–Crippen MR) is 72.3 cm³/mol. The lowest BCUT2D eigenvalue weighted by Crippen LogP contribution is -2.37. The van der Waals surface area contributed by atoms with Gasteiger partial charge in [-0.1, -0.05) is 6.08 Å². The van der Waals surface area contributed by atoms with Crippen LogP contribution in [0, 0.1) is 5.92 Å². The molecular formula is C13H25N3O. The molecule has 4 heteroatoms. The molecule has 1 fully saturated rings. The second-order valence-electron chi connectivity index (χ2n) is 4.30. The molecule has 98 valence electrons. The van der Waals surface area contributed by atoms with Gasteiger partial charge in [-0.25, -0.2) is 0 Å². The van der Waals surface area contributed by atoms with Gasteiger partial charge < -0.3 is 15.4 Å². The van der Waals surface area contributed by atoms with Crippen molar-refractivity contribution in [3.63, 3.8) is 0 Å². The first-order valence-corrected chi connectivity index (χ1v) is 6.57. The van der Waals surface area contributed by atoms with Gasteiger partial charge in [0.25, 0.3) is 0 Å². The maximum Gasteiger partial charge on any atom is 0.191 e. The molecule has 1 aliphatic rings. The summed E-state index contributed by atoms with van der Waals surface area (Å²) in [5.74, 6) is 1.71. The molecule has 0 aromatic carbocycles. The van der Waals surface area contributed by atoms with Gasteiger partial charge in [0, 0.05) is 32.8 Å². The average Bonchev–Trinajstić information content (AvgIpc) is 3.14. The van der Waals surface area contributed by atoms with Crippen LogP contribution in [0.25, 0.3) is 0 Å². The van der Waals surface area contributed by atoms with E-state index >= 15 is 0 Å². The van der Waals surface area contributed by atoms with Crippen LogP contribution in [0.2, 0.25) is 0 Å². The Morgan fingerprint density at radius 3 is 2.94 bits per heavy atom. The van der Waals surface area contributed by atoms with Gasteiger partial charge in [0.2, 0.25) is 0 Å². The molecule has 0 aromatic heterocycles. The molecule has 0 amide bonds. The Morgan fingerprint density at radius 2 is 2.29 bits per heavy atom. The van der Waals surface area contributed by atoms with Crippen molar-refractivity contribution in [2.75, 3.05) is 32.8 Å². The third-order valence-electron chi connectivity index (χ3n) is 2.53. The van der Waals surface area contributed by atoms with Crippen LogP contribution < -0.4 is 10.6 Å². The van der Waals surface area contributed by atoms with Crippen molar-refractivity contribution in [1.82, 2.24) is 10.6 Å². The third-order valence-corrected chi connectivity index (χ3v) is 2.53. The maximum atomic E-state index is 5.55. The van der Waals surface area contributed by atoms with Gasteiger partial charge in [-0.05, 0) is 32.1 Å². The van der Waals surface area contributed by atoms with Gasteiger partial charge in [-0.3, -0.25) is 4.99 Å². The van der Waals surface area contributed by atoms with Crippen molar-refractivity contribution < 1.29 is 4.74 Å². The SMILES string of the molecule is C=CCNC(=NCCCOCC1CC1)NCC. The molecule has 4 nitrogen and oxygen atoms in total. The number of rotatable bonds is 9. The minimum absolute atomic E-state index is 0.740. The van der Waals surface area contributed by atoms with Gasteiger partial charge in [0.15, 0.2) is 5.96 Å². The molecule has 0 spiro atoms. The molecular weight excluding hydrogens is 214 g/mol. The topological polar surface area (TPSA) is 45.7 Å². The number of aliphatic imine (C=N–C) groups is 1. The minimum Gasteiger partial charge on any atom is -0.381 e. The maximum absolute atomic E-state index is 5.55. The highest BCUT2D eigenvalue weighted by atomic mass is 16.5. The first-order chi connectivity index (χ1) is 8.36. The van der Waals surface area contributed by atoms with Crippen molar-refractivity contribution in [3.8, 4) is 0 Å². The molecule has 0 heterocycles. The van der Waals surface area contributed by atoms with E-state index in [0.29, 0.717) is 0 Å². The molecule has 0 aromatic rings. The van der Waals surface area contributed by atoms with Crippen LogP contribution in [0.4, 0.5) is 0 Å². The van der Waals surface area contributed by atoms with Crippen LogP contribution in [0.3, 0.4) is 0 Å². The summed E-state index contributed by atoms with van der Waals surface area (Å²) >= 11 is 0. The quantitative estimate of drug-likeness (QED) is 0.278. The van der Waals surface area contributed by atoms with Crippen LogP contribution in [-0.2, 0) is 4.74 Å². The van der Waals surface area contributed by atoms with E-state index < -0.39 is 0 Å². The monoisotopic (exact) mass is 239 g/mol. The van der Waals surface area contributed by atoms with E-state index in [1.54, 1.807) is 0 Å². The van der Waals surface area contributed by atoms with Gasteiger partial charge in [0.1, 0.15) is 0 Å². The number of guanidine groups is 1. The van der Waals surface area contributed by atoms with Crippen molar-refractivity contribution in [2.24, 2.45) is 10.9 Å². The van der Waals surface area contributed by atoms with E-state index in [9.17, 15) is 0 Å². The second kappa shape index (κ2) is 9.05. The molecule has 0 bridgehead atoms. The highest BCUT2D eigenvalue weighted by molar-refractivity contribution is 5.79. The Hall–Kier alpha value is -1.03. The number of hydrogen-bond donors (Lipinski definition) is 2. The molecule has 0 atom stereocenters. The van der Waals surface area contributed by atoms with Crippen molar-refractivity contribution in [1.29, 1.82) is 0 Å². The van der Waals surface area contributed by atoms with Gasteiger partial charge in [0.05, 0.1) is 0 Å². The van der Waals surface area contributed by atoms with E-state index in [-0.39, 0.29) is 0 Å². The molecule has 17 heavy (non-hydrogen) atoms. The average molecular weight is 239 g/mol. The van der Waals surface area contributed by atoms with E-state index in [4.69, 9.17) is 4.74 Å². The lowest BCUT2D eigenvalue weighted by atomic mass is 10.4. The fourth-order valence-corrected chi connectivity index (χ4v) is 1.40. The summed E-state index contributed by atoms with van der Waals surface area (Å²) in [6, 6.07) is 0. The van der Waals surface area contributed by atoms with Crippen molar-refractivity contribution >= 4 is 5.96 Å². The van der Waals surface area contributed by atoms with Crippen LogP contribution in [0.1, 0.15) is 26.2 Å². The molecule has 0 radical (unpaired) electrons. The highest BCUT2D eigenvalue weighted by Crippen LogP contribution is 2.28. The Kier molecular flexibility index (Phi) is 7.47. The fraction of sp³-hybridized carbons (Fsp3) is 0.769. The third kappa shape index (κ3) is 7.80. The van der Waals surface area contributed by atoms with Gasteiger partial charge >= 0.3 is 0 Å². The zero-order chi connectivity index (χ0) is 12.3. The Labute approximate surface area is 105 Å². The van der Waals surface area contributed by atoms with Crippen molar-refractivity contribution in [3.05, 3.63) is 12.7 Å². The molecule has 1 aliphatic carbocycles. The predicted octanol–water partition coefficient (Wildman–Crippen LogP) is 1.54. The zero-order valence-electron chi connectivity index (χ0n) is 10.9. The van der Waals surface area contributed by atoms with Crippen LogP contribution in [0.5, 0.6) is 0 Å². The number of nitrogens with zero attached hydrogens (tertiary/aromatic N) is 1. The van der Waals surface area contributed by atoms with Crippen LogP contribution in [0.15, 0.2) is 17.6 Å². The second-order valence-corrected chi connectivity index (χ2v) is 4.30. The molecule has 0 saturated heterocycles. The van der Waals surface area contributed by atoms with E-state index in [0.717, 1.165) is 51.1 Å². The molecule has 0 aliphatic heterocycles. The normalized spacial score (nSPS) is 15.7. The Balaban J connectivity index is 2.02. The van der Waals surface area contributed by atoms with Crippen LogP contribution in [-0.4, -0.2) is 38.8 Å². The minimum atomic E-state index is 0.740. The molecule has 1 rings (SSSR count). The lowest BCUT2D eigenvalue weighted by molar-refractivity contribution is 0.123. The first-order valence-electron chi connectivity index (χ1n) is 6.57.